The highest BCUT2D eigenvalue weighted by Gasteiger charge is 2.18. The van der Waals surface area contributed by atoms with E-state index >= 15 is 0 Å². The van der Waals surface area contributed by atoms with E-state index < -0.39 is 26.3 Å². The Morgan fingerprint density at radius 2 is 1.65 bits per heavy atom. The van der Waals surface area contributed by atoms with E-state index in [4.69, 9.17) is 4.18 Å². The molecular weight excluding hydrogens is 268 g/mol. The van der Waals surface area contributed by atoms with Crippen LogP contribution in [0.15, 0.2) is 0 Å². The fraction of sp³-hybridized carbons (Fsp3) is 0.889. The van der Waals surface area contributed by atoms with Crippen molar-refractivity contribution in [3.05, 3.63) is 6.61 Å². The van der Waals surface area contributed by atoms with Gasteiger partial charge in [0.25, 0.3) is 20.2 Å². The summed E-state index contributed by atoms with van der Waals surface area (Å²) in [7, 11) is -7.27. The van der Waals surface area contributed by atoms with E-state index in [9.17, 15) is 16.8 Å². The average Bonchev–Trinajstić information content (AvgIpc) is 2.11. The van der Waals surface area contributed by atoms with Gasteiger partial charge in [-0.3, -0.25) is 8.37 Å². The van der Waals surface area contributed by atoms with Crippen LogP contribution in [0.1, 0.15) is 32.6 Å². The van der Waals surface area contributed by atoms with Gasteiger partial charge in [-0.2, -0.15) is 16.8 Å². The van der Waals surface area contributed by atoms with Crippen LogP contribution in [0, 0.1) is 6.61 Å². The molecule has 0 aromatic rings. The minimum atomic E-state index is -3.64. The maximum atomic E-state index is 11.0. The molecule has 0 rings (SSSR count). The Labute approximate surface area is 104 Å². The molecule has 0 aliphatic heterocycles. The van der Waals surface area contributed by atoms with Crippen molar-refractivity contribution in [2.24, 2.45) is 0 Å². The molecule has 0 aromatic carbocycles. The molecule has 0 amide bonds. The largest absolute Gasteiger partial charge is 0.264 e. The van der Waals surface area contributed by atoms with Crippen LogP contribution in [0.2, 0.25) is 0 Å². The van der Waals surface area contributed by atoms with Crippen LogP contribution >= 0.6 is 0 Å². The van der Waals surface area contributed by atoms with Crippen molar-refractivity contribution in [3.63, 3.8) is 0 Å². The highest BCUT2D eigenvalue weighted by molar-refractivity contribution is 7.86. The standard InChI is InChI=1S/C9H19O6S2/c1-4-5-6-7-9(15-17(3,12)13)8-14-16(2,10)11/h8-9H,4-7H2,1-3H3. The summed E-state index contributed by atoms with van der Waals surface area (Å²) in [6, 6.07) is 0. The Morgan fingerprint density at radius 3 is 2.06 bits per heavy atom. The van der Waals surface area contributed by atoms with Gasteiger partial charge < -0.3 is 0 Å². The lowest BCUT2D eigenvalue weighted by Gasteiger charge is -2.14. The molecule has 0 aliphatic rings. The van der Waals surface area contributed by atoms with E-state index in [1.165, 1.54) is 0 Å². The Kier molecular flexibility index (Phi) is 7.22. The molecule has 0 saturated carbocycles. The molecule has 0 spiro atoms. The van der Waals surface area contributed by atoms with Crippen molar-refractivity contribution in [2.45, 2.75) is 38.7 Å². The molecule has 0 bridgehead atoms. The van der Waals surface area contributed by atoms with Crippen molar-refractivity contribution in [2.75, 3.05) is 12.5 Å². The van der Waals surface area contributed by atoms with Crippen molar-refractivity contribution in [1.29, 1.82) is 0 Å². The fourth-order valence-electron chi connectivity index (χ4n) is 1.12. The van der Waals surface area contributed by atoms with Crippen LogP contribution in [0.4, 0.5) is 0 Å². The van der Waals surface area contributed by atoms with Crippen LogP contribution in [0.5, 0.6) is 0 Å². The van der Waals surface area contributed by atoms with Gasteiger partial charge in [0, 0.05) is 0 Å². The van der Waals surface area contributed by atoms with Crippen LogP contribution in [0.3, 0.4) is 0 Å². The van der Waals surface area contributed by atoms with Crippen LogP contribution in [-0.2, 0) is 28.6 Å². The molecule has 0 N–H and O–H groups in total. The van der Waals surface area contributed by atoms with Gasteiger partial charge in [-0.1, -0.05) is 26.2 Å². The summed E-state index contributed by atoms with van der Waals surface area (Å²) in [5.41, 5.74) is 0. The summed E-state index contributed by atoms with van der Waals surface area (Å²) < 4.78 is 52.6. The molecule has 8 heteroatoms. The fourth-order valence-corrected chi connectivity index (χ4v) is 2.04. The average molecular weight is 287 g/mol. The normalized spacial score (nSPS) is 14.8. The zero-order valence-electron chi connectivity index (χ0n) is 10.2. The predicted molar refractivity (Wildman–Crippen MR) is 64.1 cm³/mol. The monoisotopic (exact) mass is 287 g/mol. The first-order valence-electron chi connectivity index (χ1n) is 5.24. The Bertz CT molecular complexity index is 397. The summed E-state index contributed by atoms with van der Waals surface area (Å²) in [6.07, 6.45) is 3.94. The van der Waals surface area contributed by atoms with E-state index in [0.29, 0.717) is 6.42 Å². The van der Waals surface area contributed by atoms with Crippen LogP contribution in [0.25, 0.3) is 0 Å². The number of unbranched alkanes of at least 4 members (excludes halogenated alkanes) is 2. The van der Waals surface area contributed by atoms with Gasteiger partial charge in [-0.05, 0) is 6.42 Å². The van der Waals surface area contributed by atoms with Crippen molar-refractivity contribution in [1.82, 2.24) is 0 Å². The molecule has 103 valence electrons. The number of hydrogen-bond acceptors (Lipinski definition) is 6. The maximum absolute atomic E-state index is 11.0. The lowest BCUT2D eigenvalue weighted by Crippen LogP contribution is -2.20. The lowest BCUT2D eigenvalue weighted by atomic mass is 10.1. The summed E-state index contributed by atoms with van der Waals surface area (Å²) in [4.78, 5) is 0. The van der Waals surface area contributed by atoms with E-state index in [1.54, 1.807) is 0 Å². The molecule has 1 unspecified atom stereocenters. The van der Waals surface area contributed by atoms with Crippen molar-refractivity contribution in [3.8, 4) is 0 Å². The van der Waals surface area contributed by atoms with Gasteiger partial charge in [-0.15, -0.1) is 0 Å². The minimum absolute atomic E-state index is 0.399. The molecule has 17 heavy (non-hydrogen) atoms. The van der Waals surface area contributed by atoms with E-state index in [1.807, 2.05) is 6.92 Å². The highest BCUT2D eigenvalue weighted by Crippen LogP contribution is 2.13. The van der Waals surface area contributed by atoms with E-state index in [-0.39, 0.29) is 0 Å². The van der Waals surface area contributed by atoms with Gasteiger partial charge in [0.15, 0.2) is 0 Å². The Balaban J connectivity index is 4.30. The second-order valence-corrected chi connectivity index (χ2v) is 6.97. The third kappa shape index (κ3) is 12.1. The predicted octanol–water partition coefficient (Wildman–Crippen LogP) is 1.05. The van der Waals surface area contributed by atoms with Gasteiger partial charge in [0.1, 0.15) is 12.7 Å². The number of rotatable bonds is 9. The molecule has 0 saturated heterocycles. The van der Waals surface area contributed by atoms with Gasteiger partial charge in [0.2, 0.25) is 0 Å². The first kappa shape index (κ1) is 16.8. The van der Waals surface area contributed by atoms with Crippen LogP contribution in [-0.4, -0.2) is 35.5 Å². The van der Waals surface area contributed by atoms with Crippen molar-refractivity contribution < 1.29 is 25.2 Å². The van der Waals surface area contributed by atoms with E-state index in [2.05, 4.69) is 4.18 Å². The molecule has 0 aliphatic carbocycles. The smallest absolute Gasteiger partial charge is 0.264 e. The molecule has 0 aromatic heterocycles. The third-order valence-corrected chi connectivity index (χ3v) is 2.83. The molecule has 1 atom stereocenters. The Morgan fingerprint density at radius 1 is 1.06 bits per heavy atom. The summed E-state index contributed by atoms with van der Waals surface area (Å²) >= 11 is 0. The molecule has 0 heterocycles. The highest BCUT2D eigenvalue weighted by atomic mass is 32.2. The zero-order chi connectivity index (χ0) is 13.5. The quantitative estimate of drug-likeness (QED) is 0.465. The molecular formula is C9H19O6S2. The summed E-state index contributed by atoms with van der Waals surface area (Å²) in [5.74, 6) is 0. The minimum Gasteiger partial charge on any atom is -0.264 e. The lowest BCUT2D eigenvalue weighted by molar-refractivity contribution is 0.174. The third-order valence-electron chi connectivity index (χ3n) is 1.77. The number of hydrogen-bond donors (Lipinski definition) is 0. The second-order valence-electron chi connectivity index (χ2n) is 3.77. The van der Waals surface area contributed by atoms with E-state index in [0.717, 1.165) is 38.4 Å². The van der Waals surface area contributed by atoms with Crippen molar-refractivity contribution >= 4 is 20.2 Å². The first-order chi connectivity index (χ1) is 7.64. The summed E-state index contributed by atoms with van der Waals surface area (Å²) in [5, 5.41) is 0. The topological polar surface area (TPSA) is 86.7 Å². The van der Waals surface area contributed by atoms with Gasteiger partial charge in [0.05, 0.1) is 12.5 Å². The molecule has 6 nitrogen and oxygen atoms in total. The zero-order valence-corrected chi connectivity index (χ0v) is 11.9. The second kappa shape index (κ2) is 7.30. The SMILES string of the molecule is CCCCCC([CH]OS(C)(=O)=O)OS(C)(=O)=O. The maximum Gasteiger partial charge on any atom is 0.264 e. The van der Waals surface area contributed by atoms with Crippen LogP contribution < -0.4 is 0 Å². The first-order valence-corrected chi connectivity index (χ1v) is 8.87. The molecule has 0 fully saturated rings. The molecule has 1 radical (unpaired) electrons. The van der Waals surface area contributed by atoms with Gasteiger partial charge >= 0.3 is 0 Å². The summed E-state index contributed by atoms with van der Waals surface area (Å²) in [6.45, 7) is 2.91. The Hall–Kier alpha value is -0.180. The van der Waals surface area contributed by atoms with Gasteiger partial charge in [-0.25, -0.2) is 0 Å².